The molecule has 1 atom stereocenters. The Morgan fingerprint density at radius 2 is 2.45 bits per heavy atom. The van der Waals surface area contributed by atoms with Crippen LogP contribution in [0, 0.1) is 0 Å². The lowest BCUT2D eigenvalue weighted by Crippen LogP contribution is -2.17. The van der Waals surface area contributed by atoms with Gasteiger partial charge in [0.05, 0.1) is 7.11 Å². The van der Waals surface area contributed by atoms with Crippen LogP contribution in [-0.2, 0) is 9.53 Å². The maximum Gasteiger partial charge on any atom is 0.330 e. The highest BCUT2D eigenvalue weighted by Crippen LogP contribution is 2.03. The zero-order chi connectivity index (χ0) is 8.27. The van der Waals surface area contributed by atoms with Crippen molar-refractivity contribution in [2.45, 2.75) is 13.0 Å². The molecule has 0 saturated carbocycles. The van der Waals surface area contributed by atoms with Gasteiger partial charge in [-0.1, -0.05) is 0 Å². The number of rotatable bonds is 2. The molecule has 60 valence electrons. The van der Waals surface area contributed by atoms with Crippen LogP contribution in [0.25, 0.3) is 0 Å². The molecule has 4 heteroatoms. The van der Waals surface area contributed by atoms with Gasteiger partial charge in [0, 0.05) is 12.4 Å². The highest BCUT2D eigenvalue weighted by atomic mass is 16.5. The zero-order valence-corrected chi connectivity index (χ0v) is 6.52. The maximum absolute atomic E-state index is 10.9. The van der Waals surface area contributed by atoms with E-state index in [0.717, 1.165) is 0 Å². The fourth-order valence-corrected chi connectivity index (χ4v) is 0.788. The van der Waals surface area contributed by atoms with Crippen molar-refractivity contribution in [1.82, 2.24) is 9.78 Å². The number of nitrogens with zero attached hydrogens (tertiary/aromatic N) is 2. The van der Waals surface area contributed by atoms with E-state index < -0.39 is 0 Å². The second kappa shape index (κ2) is 3.18. The molecule has 0 bridgehead atoms. The Balaban J connectivity index is 2.70. The van der Waals surface area contributed by atoms with Gasteiger partial charge in [-0.2, -0.15) is 5.10 Å². The molecule has 0 aliphatic heterocycles. The molecule has 0 aromatic carbocycles. The third-order valence-electron chi connectivity index (χ3n) is 1.46. The standard InChI is InChI=1S/C7H10N2O2/c1-6(7(10)11-2)9-5-3-4-8-9/h3-6H,1-2H3/t6-/m0/s1. The number of aromatic nitrogens is 2. The van der Waals surface area contributed by atoms with Gasteiger partial charge in [0.1, 0.15) is 6.04 Å². The predicted molar refractivity (Wildman–Crippen MR) is 39.0 cm³/mol. The second-order valence-electron chi connectivity index (χ2n) is 2.19. The van der Waals surface area contributed by atoms with Crippen molar-refractivity contribution < 1.29 is 9.53 Å². The number of methoxy groups -OCH3 is 1. The first-order chi connectivity index (χ1) is 5.25. The lowest BCUT2D eigenvalue weighted by Gasteiger charge is -2.08. The molecule has 0 aliphatic rings. The molecule has 1 rings (SSSR count). The molecule has 4 nitrogen and oxygen atoms in total. The molecule has 11 heavy (non-hydrogen) atoms. The van der Waals surface area contributed by atoms with Gasteiger partial charge < -0.3 is 4.74 Å². The molecule has 0 amide bonds. The minimum absolute atomic E-state index is 0.284. The third kappa shape index (κ3) is 1.58. The Morgan fingerprint density at radius 1 is 1.73 bits per heavy atom. The highest BCUT2D eigenvalue weighted by Gasteiger charge is 2.13. The topological polar surface area (TPSA) is 44.1 Å². The van der Waals surface area contributed by atoms with Crippen LogP contribution in [0.4, 0.5) is 0 Å². The number of carbonyl (C=O) groups is 1. The summed E-state index contributed by atoms with van der Waals surface area (Å²) < 4.78 is 6.08. The first-order valence-electron chi connectivity index (χ1n) is 3.32. The molecule has 0 spiro atoms. The molecule has 0 saturated heterocycles. The van der Waals surface area contributed by atoms with Crippen molar-refractivity contribution in [2.75, 3.05) is 7.11 Å². The SMILES string of the molecule is COC(=O)[C@H](C)n1cccn1. The summed E-state index contributed by atoms with van der Waals surface area (Å²) in [5.41, 5.74) is 0. The van der Waals surface area contributed by atoms with Crippen LogP contribution in [0.1, 0.15) is 13.0 Å². The van der Waals surface area contributed by atoms with E-state index in [1.54, 1.807) is 30.1 Å². The van der Waals surface area contributed by atoms with E-state index in [1.165, 1.54) is 7.11 Å². The summed E-state index contributed by atoms with van der Waals surface area (Å²) >= 11 is 0. The van der Waals surface area contributed by atoms with Crippen LogP contribution in [-0.4, -0.2) is 22.9 Å². The maximum atomic E-state index is 10.9. The van der Waals surface area contributed by atoms with Crippen molar-refractivity contribution in [3.05, 3.63) is 18.5 Å². The molecule has 1 heterocycles. The van der Waals surface area contributed by atoms with E-state index in [0.29, 0.717) is 0 Å². The van der Waals surface area contributed by atoms with Crippen LogP contribution < -0.4 is 0 Å². The minimum Gasteiger partial charge on any atom is -0.467 e. The predicted octanol–water partition coefficient (Wildman–Crippen LogP) is 0.617. The molecule has 0 fully saturated rings. The fraction of sp³-hybridized carbons (Fsp3) is 0.429. The zero-order valence-electron chi connectivity index (χ0n) is 6.52. The van der Waals surface area contributed by atoms with Gasteiger partial charge in [-0.05, 0) is 13.0 Å². The normalized spacial score (nSPS) is 12.5. The van der Waals surface area contributed by atoms with Crippen LogP contribution >= 0.6 is 0 Å². The second-order valence-corrected chi connectivity index (χ2v) is 2.19. The summed E-state index contributed by atoms with van der Waals surface area (Å²) in [7, 11) is 1.36. The first-order valence-corrected chi connectivity index (χ1v) is 3.32. The Hall–Kier alpha value is -1.32. The summed E-state index contributed by atoms with van der Waals surface area (Å²) in [6.07, 6.45) is 3.35. The molecule has 0 radical (unpaired) electrons. The van der Waals surface area contributed by atoms with E-state index in [9.17, 15) is 4.79 Å². The van der Waals surface area contributed by atoms with Crippen molar-refractivity contribution >= 4 is 5.97 Å². The number of hydrogen-bond donors (Lipinski definition) is 0. The van der Waals surface area contributed by atoms with Gasteiger partial charge in [0.15, 0.2) is 0 Å². The molecular weight excluding hydrogens is 144 g/mol. The van der Waals surface area contributed by atoms with E-state index >= 15 is 0 Å². The van der Waals surface area contributed by atoms with Crippen LogP contribution in [0.2, 0.25) is 0 Å². The quantitative estimate of drug-likeness (QED) is 0.586. The highest BCUT2D eigenvalue weighted by molar-refractivity contribution is 5.73. The largest absolute Gasteiger partial charge is 0.467 e. The van der Waals surface area contributed by atoms with E-state index in [2.05, 4.69) is 9.84 Å². The van der Waals surface area contributed by atoms with Crippen LogP contribution in [0.3, 0.4) is 0 Å². The Morgan fingerprint density at radius 3 is 2.91 bits per heavy atom. The molecule has 0 unspecified atom stereocenters. The van der Waals surface area contributed by atoms with Gasteiger partial charge in [0.25, 0.3) is 0 Å². The summed E-state index contributed by atoms with van der Waals surface area (Å²) in [5.74, 6) is -0.284. The average molecular weight is 154 g/mol. The monoisotopic (exact) mass is 154 g/mol. The van der Waals surface area contributed by atoms with Gasteiger partial charge in [-0.25, -0.2) is 4.79 Å². The molecule has 1 aromatic heterocycles. The summed E-state index contributed by atoms with van der Waals surface area (Å²) in [6.45, 7) is 1.73. The Labute approximate surface area is 64.8 Å². The molecule has 0 aliphatic carbocycles. The lowest BCUT2D eigenvalue weighted by molar-refractivity contribution is -0.144. The van der Waals surface area contributed by atoms with E-state index in [1.807, 2.05) is 0 Å². The van der Waals surface area contributed by atoms with Gasteiger partial charge in [0.2, 0.25) is 0 Å². The number of ether oxygens (including phenoxy) is 1. The molecule has 1 aromatic rings. The lowest BCUT2D eigenvalue weighted by atomic mass is 10.3. The van der Waals surface area contributed by atoms with E-state index in [-0.39, 0.29) is 12.0 Å². The summed E-state index contributed by atoms with van der Waals surface area (Å²) in [6, 6.07) is 1.43. The number of hydrogen-bond acceptors (Lipinski definition) is 3. The smallest absolute Gasteiger partial charge is 0.330 e. The van der Waals surface area contributed by atoms with Gasteiger partial charge in [-0.3, -0.25) is 4.68 Å². The van der Waals surface area contributed by atoms with Gasteiger partial charge >= 0.3 is 5.97 Å². The summed E-state index contributed by atoms with van der Waals surface area (Å²) in [5, 5.41) is 3.90. The summed E-state index contributed by atoms with van der Waals surface area (Å²) in [4.78, 5) is 10.9. The Bertz CT molecular complexity index is 231. The minimum atomic E-state index is -0.338. The van der Waals surface area contributed by atoms with Crippen molar-refractivity contribution in [1.29, 1.82) is 0 Å². The van der Waals surface area contributed by atoms with Crippen molar-refractivity contribution in [2.24, 2.45) is 0 Å². The Kier molecular flexibility index (Phi) is 2.25. The fourth-order valence-electron chi connectivity index (χ4n) is 0.788. The number of esters is 1. The third-order valence-corrected chi connectivity index (χ3v) is 1.46. The van der Waals surface area contributed by atoms with Crippen molar-refractivity contribution in [3.63, 3.8) is 0 Å². The average Bonchev–Trinajstić information content (AvgIpc) is 2.53. The van der Waals surface area contributed by atoms with Gasteiger partial charge in [-0.15, -0.1) is 0 Å². The van der Waals surface area contributed by atoms with Crippen molar-refractivity contribution in [3.8, 4) is 0 Å². The molecular formula is C7H10N2O2. The number of carbonyl (C=O) groups excluding carboxylic acids is 1. The van der Waals surface area contributed by atoms with Crippen LogP contribution in [0.5, 0.6) is 0 Å². The first kappa shape index (κ1) is 7.78. The molecule has 0 N–H and O–H groups in total. The van der Waals surface area contributed by atoms with E-state index in [4.69, 9.17) is 0 Å². The van der Waals surface area contributed by atoms with Crippen LogP contribution in [0.15, 0.2) is 18.5 Å².